The molecule has 3 aromatic rings. The normalized spacial score (nSPS) is 16.2. The summed E-state index contributed by atoms with van der Waals surface area (Å²) >= 11 is 7.28. The Morgan fingerprint density at radius 2 is 1.84 bits per heavy atom. The average molecular weight is 464 g/mol. The summed E-state index contributed by atoms with van der Waals surface area (Å²) in [6, 6.07) is 20.9. The largest absolute Gasteiger partial charge is 0.489 e. The molecule has 7 heteroatoms. The van der Waals surface area contributed by atoms with E-state index < -0.39 is 0 Å². The first-order chi connectivity index (χ1) is 15.5. The molecule has 1 aliphatic rings. The molecule has 0 saturated carbocycles. The van der Waals surface area contributed by atoms with Gasteiger partial charge in [-0.2, -0.15) is 0 Å². The summed E-state index contributed by atoms with van der Waals surface area (Å²) in [4.78, 5) is 24.2. The zero-order valence-corrected chi connectivity index (χ0v) is 19.4. The van der Waals surface area contributed by atoms with Gasteiger partial charge in [0.25, 0.3) is 5.91 Å². The van der Waals surface area contributed by atoms with Crippen molar-refractivity contribution in [2.45, 2.75) is 20.5 Å². The lowest BCUT2D eigenvalue weighted by Gasteiger charge is -2.11. The van der Waals surface area contributed by atoms with Crippen LogP contribution in [0.1, 0.15) is 23.7 Å². The number of hydrogen-bond acceptors (Lipinski definition) is 5. The molecule has 0 spiro atoms. The Hall–Kier alpha value is -3.09. The van der Waals surface area contributed by atoms with Crippen molar-refractivity contribution in [3.8, 4) is 5.75 Å². The first kappa shape index (κ1) is 22.1. The molecule has 0 unspecified atom stereocenters. The second kappa shape index (κ2) is 10.0. The third kappa shape index (κ3) is 5.39. The van der Waals surface area contributed by atoms with E-state index in [0.29, 0.717) is 34.1 Å². The maximum absolute atomic E-state index is 12.9. The van der Waals surface area contributed by atoms with Crippen LogP contribution in [0.25, 0.3) is 6.08 Å². The minimum absolute atomic E-state index is 0.0491. The second-order valence-corrected chi connectivity index (χ2v) is 8.62. The van der Waals surface area contributed by atoms with Gasteiger partial charge < -0.3 is 4.74 Å². The molecule has 0 radical (unpaired) electrons. The third-order valence-electron chi connectivity index (χ3n) is 4.78. The molecule has 162 valence electrons. The maximum atomic E-state index is 12.9. The first-order valence-electron chi connectivity index (χ1n) is 10.2. The fraction of sp³-hybridized carbons (Fsp3) is 0.160. The quantitative estimate of drug-likeness (QED) is 0.405. The van der Waals surface area contributed by atoms with Gasteiger partial charge in [0.1, 0.15) is 12.4 Å². The molecule has 1 aromatic heterocycles. The summed E-state index contributed by atoms with van der Waals surface area (Å²) < 4.78 is 5.84. The summed E-state index contributed by atoms with van der Waals surface area (Å²) in [5.74, 6) is 1.31. The third-order valence-corrected chi connectivity index (χ3v) is 6.04. The maximum Gasteiger partial charge on any atom is 0.266 e. The lowest BCUT2D eigenvalue weighted by atomic mass is 10.2. The van der Waals surface area contributed by atoms with Gasteiger partial charge in [-0.15, -0.1) is 0 Å². The number of aryl methyl sites for hydroxylation is 1. The van der Waals surface area contributed by atoms with Crippen molar-refractivity contribution >= 4 is 46.3 Å². The minimum atomic E-state index is -0.0491. The average Bonchev–Trinajstić information content (AvgIpc) is 3.08. The highest BCUT2D eigenvalue weighted by atomic mass is 35.5. The molecular weight excluding hydrogens is 442 g/mol. The van der Waals surface area contributed by atoms with Gasteiger partial charge in [0.2, 0.25) is 0 Å². The van der Waals surface area contributed by atoms with Crippen molar-refractivity contribution in [3.05, 3.63) is 93.5 Å². The highest BCUT2D eigenvalue weighted by Crippen LogP contribution is 2.34. The Kier molecular flexibility index (Phi) is 6.93. The van der Waals surface area contributed by atoms with Gasteiger partial charge in [-0.3, -0.25) is 9.69 Å². The second-order valence-electron chi connectivity index (χ2n) is 7.18. The Labute approximate surface area is 196 Å². The number of pyridine rings is 1. The number of aromatic nitrogens is 1. The van der Waals surface area contributed by atoms with Crippen LogP contribution >= 0.6 is 23.4 Å². The molecule has 4 rings (SSSR count). The van der Waals surface area contributed by atoms with Crippen molar-refractivity contribution in [3.63, 3.8) is 0 Å². The fourth-order valence-corrected chi connectivity index (χ4v) is 4.29. The van der Waals surface area contributed by atoms with Gasteiger partial charge in [0.15, 0.2) is 11.0 Å². The predicted octanol–water partition coefficient (Wildman–Crippen LogP) is 6.25. The smallest absolute Gasteiger partial charge is 0.266 e. The van der Waals surface area contributed by atoms with Crippen LogP contribution in [0.5, 0.6) is 5.75 Å². The number of carbonyl (C=O) groups is 1. The van der Waals surface area contributed by atoms with Crippen LogP contribution in [0, 0.1) is 6.92 Å². The van der Waals surface area contributed by atoms with Gasteiger partial charge >= 0.3 is 0 Å². The van der Waals surface area contributed by atoms with Gasteiger partial charge in [-0.1, -0.05) is 41.9 Å². The number of ether oxygens (including phenoxy) is 1. The number of amides is 1. The molecule has 1 amide bonds. The molecule has 2 heterocycles. The van der Waals surface area contributed by atoms with E-state index in [1.165, 1.54) is 11.8 Å². The summed E-state index contributed by atoms with van der Waals surface area (Å²) in [5, 5.41) is 1.35. The first-order valence-corrected chi connectivity index (χ1v) is 11.4. The van der Waals surface area contributed by atoms with E-state index in [1.807, 2.05) is 86.7 Å². The molecule has 5 nitrogen and oxygen atoms in total. The van der Waals surface area contributed by atoms with Crippen LogP contribution in [0.3, 0.4) is 0 Å². The number of hydrogen-bond donors (Lipinski definition) is 0. The Morgan fingerprint density at radius 3 is 2.53 bits per heavy atom. The van der Waals surface area contributed by atoms with E-state index in [4.69, 9.17) is 16.3 Å². The number of benzene rings is 2. The lowest BCUT2D eigenvalue weighted by Crippen LogP contribution is -2.28. The molecule has 0 N–H and O–H groups in total. The van der Waals surface area contributed by atoms with Gasteiger partial charge in [0.05, 0.1) is 4.91 Å². The van der Waals surface area contributed by atoms with E-state index in [2.05, 4.69) is 9.98 Å². The summed E-state index contributed by atoms with van der Waals surface area (Å²) in [6.45, 7) is 4.87. The molecule has 0 atom stereocenters. The SMILES string of the molecule is CCN1C(=O)/C(=C/c2ccc(OCc3ccc(Cl)cc3)cc2)S/C1=N/c1cccc(C)n1. The molecule has 0 aliphatic carbocycles. The number of amidine groups is 1. The van der Waals surface area contributed by atoms with E-state index in [1.54, 1.807) is 4.90 Å². The molecule has 1 aliphatic heterocycles. The van der Waals surface area contributed by atoms with E-state index in [9.17, 15) is 4.79 Å². The molecule has 32 heavy (non-hydrogen) atoms. The number of aliphatic imine (C=N–C) groups is 1. The summed E-state index contributed by atoms with van der Waals surface area (Å²) in [5.41, 5.74) is 2.85. The summed E-state index contributed by atoms with van der Waals surface area (Å²) in [7, 11) is 0. The molecule has 0 bridgehead atoms. The van der Waals surface area contributed by atoms with Crippen molar-refractivity contribution in [1.82, 2.24) is 9.88 Å². The Balaban J connectivity index is 1.46. The Morgan fingerprint density at radius 1 is 1.09 bits per heavy atom. The van der Waals surface area contributed by atoms with Crippen molar-refractivity contribution in [2.24, 2.45) is 4.99 Å². The van der Waals surface area contributed by atoms with E-state index in [-0.39, 0.29) is 5.91 Å². The van der Waals surface area contributed by atoms with Crippen molar-refractivity contribution in [1.29, 1.82) is 0 Å². The van der Waals surface area contributed by atoms with Gasteiger partial charge in [-0.05, 0) is 79.2 Å². The fourth-order valence-electron chi connectivity index (χ4n) is 3.12. The molecule has 1 saturated heterocycles. The lowest BCUT2D eigenvalue weighted by molar-refractivity contribution is -0.122. The number of nitrogens with zero attached hydrogens (tertiary/aromatic N) is 3. The van der Waals surface area contributed by atoms with E-state index >= 15 is 0 Å². The van der Waals surface area contributed by atoms with Crippen LogP contribution in [0.2, 0.25) is 5.02 Å². The number of thioether (sulfide) groups is 1. The van der Waals surface area contributed by atoms with Crippen LogP contribution in [0.15, 0.2) is 76.6 Å². The van der Waals surface area contributed by atoms with Crippen LogP contribution in [-0.4, -0.2) is 27.5 Å². The van der Waals surface area contributed by atoms with E-state index in [0.717, 1.165) is 22.6 Å². The van der Waals surface area contributed by atoms with Crippen LogP contribution < -0.4 is 4.74 Å². The standard InChI is InChI=1S/C25H22ClN3O2S/c1-3-29-24(30)22(32-25(29)28-23-6-4-5-17(2)27-23)15-18-9-13-21(14-10-18)31-16-19-7-11-20(26)12-8-19/h4-15H,3,16H2,1-2H3/b22-15-,28-25+. The predicted molar refractivity (Wildman–Crippen MR) is 131 cm³/mol. The van der Waals surface area contributed by atoms with Crippen molar-refractivity contribution in [2.75, 3.05) is 6.54 Å². The number of rotatable bonds is 6. The molecule has 2 aromatic carbocycles. The molecule has 1 fully saturated rings. The molecular formula is C25H22ClN3O2S. The summed E-state index contributed by atoms with van der Waals surface area (Å²) in [6.07, 6.45) is 1.88. The van der Waals surface area contributed by atoms with Gasteiger partial charge in [-0.25, -0.2) is 9.98 Å². The van der Waals surface area contributed by atoms with Crippen LogP contribution in [0.4, 0.5) is 5.82 Å². The number of likely N-dealkylation sites (N-methyl/N-ethyl adjacent to an activating group) is 1. The van der Waals surface area contributed by atoms with Crippen LogP contribution in [-0.2, 0) is 11.4 Å². The number of carbonyl (C=O) groups excluding carboxylic acids is 1. The topological polar surface area (TPSA) is 54.8 Å². The highest BCUT2D eigenvalue weighted by molar-refractivity contribution is 8.18. The monoisotopic (exact) mass is 463 g/mol. The minimum Gasteiger partial charge on any atom is -0.489 e. The Bertz CT molecular complexity index is 1170. The highest BCUT2D eigenvalue weighted by Gasteiger charge is 2.32. The van der Waals surface area contributed by atoms with Crippen molar-refractivity contribution < 1.29 is 9.53 Å². The van der Waals surface area contributed by atoms with Gasteiger partial charge in [0, 0.05) is 17.3 Å². The zero-order valence-electron chi connectivity index (χ0n) is 17.8. The zero-order chi connectivity index (χ0) is 22.5. The number of halogens is 1.